The van der Waals surface area contributed by atoms with E-state index in [-0.39, 0.29) is 10.8 Å². The summed E-state index contributed by atoms with van der Waals surface area (Å²) in [4.78, 5) is 0. The third kappa shape index (κ3) is 2.92. The topological polar surface area (TPSA) is 29.9 Å². The summed E-state index contributed by atoms with van der Waals surface area (Å²) in [6.07, 6.45) is 0. The van der Waals surface area contributed by atoms with Crippen molar-refractivity contribution in [1.82, 2.24) is 9.78 Å². The van der Waals surface area contributed by atoms with Crippen LogP contribution in [0.2, 0.25) is 5.02 Å². The smallest absolute Gasteiger partial charge is 0.146 e. The minimum absolute atomic E-state index is 0.276. The van der Waals surface area contributed by atoms with E-state index in [0.29, 0.717) is 28.3 Å². The van der Waals surface area contributed by atoms with E-state index in [1.165, 1.54) is 18.2 Å². The predicted molar refractivity (Wildman–Crippen MR) is 88.0 cm³/mol. The minimum atomic E-state index is -0.413. The molecule has 0 unspecified atom stereocenters. The molecule has 3 aromatic rings. The zero-order valence-electron chi connectivity index (χ0n) is 12.6. The molecule has 3 rings (SSSR count). The van der Waals surface area contributed by atoms with Gasteiger partial charge in [-0.2, -0.15) is 5.10 Å². The Balaban J connectivity index is 2.13. The highest BCUT2D eigenvalue weighted by molar-refractivity contribution is 6.33. The number of hydrogen-bond donors (Lipinski definition) is 1. The Kier molecular flexibility index (Phi) is 4.05. The molecule has 1 aromatic heterocycles. The summed E-state index contributed by atoms with van der Waals surface area (Å²) in [6.45, 7) is 1.82. The zero-order valence-corrected chi connectivity index (χ0v) is 13.3. The minimum Gasteiger partial charge on any atom is -0.338 e. The zero-order chi connectivity index (χ0) is 16.6. The fourth-order valence-electron chi connectivity index (χ4n) is 2.51. The first-order chi connectivity index (χ1) is 11.0. The average molecular weight is 334 g/mol. The normalized spacial score (nSPS) is 10.8. The van der Waals surface area contributed by atoms with Gasteiger partial charge in [0.1, 0.15) is 17.5 Å². The van der Waals surface area contributed by atoms with Gasteiger partial charge in [0.15, 0.2) is 0 Å². The second-order valence-electron chi connectivity index (χ2n) is 5.16. The van der Waals surface area contributed by atoms with Crippen molar-refractivity contribution >= 4 is 23.1 Å². The molecule has 0 amide bonds. The molecular formula is C17H14ClF2N3. The summed E-state index contributed by atoms with van der Waals surface area (Å²) < 4.78 is 28.8. The number of halogens is 3. The molecule has 0 bridgehead atoms. The molecule has 3 nitrogen and oxygen atoms in total. The number of nitrogens with one attached hydrogen (secondary N) is 1. The maximum Gasteiger partial charge on any atom is 0.146 e. The summed E-state index contributed by atoms with van der Waals surface area (Å²) in [5.41, 5.74) is 2.38. The van der Waals surface area contributed by atoms with Crippen LogP contribution < -0.4 is 5.32 Å². The van der Waals surface area contributed by atoms with Crippen molar-refractivity contribution < 1.29 is 8.78 Å². The maximum atomic E-state index is 13.9. The van der Waals surface area contributed by atoms with Crippen molar-refractivity contribution in [3.05, 3.63) is 64.8 Å². The van der Waals surface area contributed by atoms with Gasteiger partial charge in [-0.3, -0.25) is 4.68 Å². The van der Waals surface area contributed by atoms with E-state index in [1.54, 1.807) is 36.0 Å². The first-order valence-electron chi connectivity index (χ1n) is 6.98. The van der Waals surface area contributed by atoms with Crippen LogP contribution in [0.4, 0.5) is 20.3 Å². The maximum absolute atomic E-state index is 13.9. The van der Waals surface area contributed by atoms with Crippen LogP contribution in [-0.2, 0) is 7.05 Å². The van der Waals surface area contributed by atoms with Gasteiger partial charge >= 0.3 is 0 Å². The number of nitrogens with zero attached hydrogens (tertiary/aromatic N) is 2. The summed E-state index contributed by atoms with van der Waals surface area (Å²) in [5, 5.41) is 7.68. The fraction of sp³-hybridized carbons (Fsp3) is 0.118. The van der Waals surface area contributed by atoms with Gasteiger partial charge in [-0.1, -0.05) is 23.7 Å². The number of hydrogen-bond acceptors (Lipinski definition) is 2. The standard InChI is InChI=1S/C17H14ClF2N3/c1-10-16(12-8-7-11(19)9-13(12)18)17(23(2)22-10)21-15-6-4-3-5-14(15)20/h3-9,21H,1-2H3. The van der Waals surface area contributed by atoms with E-state index < -0.39 is 5.82 Å². The van der Waals surface area contributed by atoms with E-state index in [2.05, 4.69) is 10.4 Å². The molecule has 6 heteroatoms. The highest BCUT2D eigenvalue weighted by atomic mass is 35.5. The Morgan fingerprint density at radius 1 is 1.13 bits per heavy atom. The van der Waals surface area contributed by atoms with E-state index in [0.717, 1.165) is 0 Å². The van der Waals surface area contributed by atoms with Gasteiger partial charge < -0.3 is 5.32 Å². The molecule has 0 aliphatic carbocycles. The summed E-state index contributed by atoms with van der Waals surface area (Å²) >= 11 is 6.17. The largest absolute Gasteiger partial charge is 0.338 e. The van der Waals surface area contributed by atoms with Gasteiger partial charge in [0.05, 0.1) is 16.4 Å². The number of aromatic nitrogens is 2. The molecule has 0 aliphatic rings. The SMILES string of the molecule is Cc1nn(C)c(Nc2ccccc2F)c1-c1ccc(F)cc1Cl. The molecule has 1 N–H and O–H groups in total. The molecule has 0 aliphatic heterocycles. The number of benzene rings is 2. The average Bonchev–Trinajstić information content (AvgIpc) is 2.76. The molecule has 2 aromatic carbocycles. The molecule has 0 atom stereocenters. The molecule has 0 saturated carbocycles. The van der Waals surface area contributed by atoms with Gasteiger partial charge in [-0.25, -0.2) is 8.78 Å². The first-order valence-corrected chi connectivity index (χ1v) is 7.35. The van der Waals surface area contributed by atoms with Crippen LogP contribution in [0.25, 0.3) is 11.1 Å². The van der Waals surface area contributed by atoms with Crippen LogP contribution in [0.3, 0.4) is 0 Å². The molecule has 0 spiro atoms. The van der Waals surface area contributed by atoms with Gasteiger partial charge in [-0.15, -0.1) is 0 Å². The first kappa shape index (κ1) is 15.5. The second kappa shape index (κ2) is 6.01. The fourth-order valence-corrected chi connectivity index (χ4v) is 2.77. The third-order valence-corrected chi connectivity index (χ3v) is 3.86. The summed E-state index contributed by atoms with van der Waals surface area (Å²) in [6, 6.07) is 10.5. The van der Waals surface area contributed by atoms with Crippen LogP contribution in [0.15, 0.2) is 42.5 Å². The van der Waals surface area contributed by atoms with E-state index in [4.69, 9.17) is 11.6 Å². The van der Waals surface area contributed by atoms with Crippen LogP contribution in [-0.4, -0.2) is 9.78 Å². The van der Waals surface area contributed by atoms with Crippen molar-refractivity contribution in [1.29, 1.82) is 0 Å². The molecular weight excluding hydrogens is 320 g/mol. The van der Waals surface area contributed by atoms with Gasteiger partial charge in [0.25, 0.3) is 0 Å². The molecule has 0 radical (unpaired) electrons. The van der Waals surface area contributed by atoms with Gasteiger partial charge in [-0.05, 0) is 37.3 Å². The number of aryl methyl sites for hydroxylation is 2. The van der Waals surface area contributed by atoms with Crippen molar-refractivity contribution in [2.45, 2.75) is 6.92 Å². The van der Waals surface area contributed by atoms with Crippen LogP contribution in [0.5, 0.6) is 0 Å². The second-order valence-corrected chi connectivity index (χ2v) is 5.57. The monoisotopic (exact) mass is 333 g/mol. The lowest BCUT2D eigenvalue weighted by atomic mass is 10.1. The molecule has 0 fully saturated rings. The third-order valence-electron chi connectivity index (χ3n) is 3.55. The highest BCUT2D eigenvalue weighted by Crippen LogP contribution is 2.37. The van der Waals surface area contributed by atoms with Crippen molar-refractivity contribution in [2.24, 2.45) is 7.05 Å². The van der Waals surface area contributed by atoms with E-state index in [9.17, 15) is 8.78 Å². The quantitative estimate of drug-likeness (QED) is 0.725. The predicted octanol–water partition coefficient (Wildman–Crippen LogP) is 5.07. The Bertz CT molecular complexity index is 874. The Morgan fingerprint density at radius 2 is 1.87 bits per heavy atom. The lowest BCUT2D eigenvalue weighted by Gasteiger charge is -2.12. The lowest BCUT2D eigenvalue weighted by molar-refractivity contribution is 0.628. The summed E-state index contributed by atoms with van der Waals surface area (Å²) in [7, 11) is 1.75. The number of para-hydroxylation sites is 1. The van der Waals surface area contributed by atoms with Crippen molar-refractivity contribution in [2.75, 3.05) is 5.32 Å². The lowest BCUT2D eigenvalue weighted by Crippen LogP contribution is -2.01. The number of rotatable bonds is 3. The summed E-state index contributed by atoms with van der Waals surface area (Å²) in [5.74, 6) is -0.201. The highest BCUT2D eigenvalue weighted by Gasteiger charge is 2.19. The van der Waals surface area contributed by atoms with Gasteiger partial charge in [0, 0.05) is 18.2 Å². The molecule has 1 heterocycles. The van der Waals surface area contributed by atoms with E-state index in [1.807, 2.05) is 6.92 Å². The number of anilines is 2. The Hall–Kier alpha value is -2.40. The molecule has 23 heavy (non-hydrogen) atoms. The van der Waals surface area contributed by atoms with E-state index >= 15 is 0 Å². The van der Waals surface area contributed by atoms with Crippen molar-refractivity contribution in [3.63, 3.8) is 0 Å². The van der Waals surface area contributed by atoms with Crippen LogP contribution >= 0.6 is 11.6 Å². The van der Waals surface area contributed by atoms with Crippen LogP contribution in [0.1, 0.15) is 5.69 Å². The Labute approximate surface area is 137 Å². The molecule has 0 saturated heterocycles. The van der Waals surface area contributed by atoms with Gasteiger partial charge in [0.2, 0.25) is 0 Å². The Morgan fingerprint density at radius 3 is 2.57 bits per heavy atom. The van der Waals surface area contributed by atoms with Crippen LogP contribution in [0, 0.1) is 18.6 Å². The molecule has 118 valence electrons. The van der Waals surface area contributed by atoms with Crippen molar-refractivity contribution in [3.8, 4) is 11.1 Å².